The van der Waals surface area contributed by atoms with Crippen molar-refractivity contribution in [1.82, 2.24) is 30.4 Å². The summed E-state index contributed by atoms with van der Waals surface area (Å²) in [6.07, 6.45) is -0.446. The minimum Gasteiger partial charge on any atom is -0.481 e. The van der Waals surface area contributed by atoms with E-state index in [4.69, 9.17) is 5.11 Å². The molecule has 0 aliphatic carbocycles. The smallest absolute Gasteiger partial charge is 0.352 e. The van der Waals surface area contributed by atoms with Crippen LogP contribution in [0.25, 0.3) is 0 Å². The highest BCUT2D eigenvalue weighted by molar-refractivity contribution is 8.01. The van der Waals surface area contributed by atoms with E-state index >= 15 is 0 Å². The Hall–Kier alpha value is -3.92. The normalized spacial score (nSPS) is 18.4. The van der Waals surface area contributed by atoms with Crippen molar-refractivity contribution in [1.29, 1.82) is 0 Å². The molecule has 1 aromatic carbocycles. The summed E-state index contributed by atoms with van der Waals surface area (Å²) in [7, 11) is 1.67. The molecule has 2 aliphatic rings. The van der Waals surface area contributed by atoms with E-state index in [9.17, 15) is 29.1 Å². The third-order valence-electron chi connectivity index (χ3n) is 5.69. The molecule has 2 atom stereocenters. The molecule has 16 heteroatoms. The topological polar surface area (TPSA) is 197 Å². The van der Waals surface area contributed by atoms with Gasteiger partial charge in [-0.2, -0.15) is 0 Å². The Morgan fingerprint density at radius 3 is 2.50 bits per heavy atom. The summed E-state index contributed by atoms with van der Waals surface area (Å²) in [5, 5.41) is 34.9. The van der Waals surface area contributed by atoms with Crippen molar-refractivity contribution in [3.05, 3.63) is 41.1 Å². The van der Waals surface area contributed by atoms with E-state index in [0.29, 0.717) is 33.5 Å². The summed E-state index contributed by atoms with van der Waals surface area (Å²) in [6.45, 7) is 0. The van der Waals surface area contributed by atoms with Crippen LogP contribution in [0.3, 0.4) is 0 Å². The third kappa shape index (κ3) is 6.13. The molecule has 4 N–H and O–H groups in total. The number of hydrogen-bond acceptors (Lipinski definition) is 10. The van der Waals surface area contributed by atoms with Gasteiger partial charge in [-0.3, -0.25) is 24.1 Å². The van der Waals surface area contributed by atoms with Crippen molar-refractivity contribution in [3.63, 3.8) is 0 Å². The fourth-order valence-corrected chi connectivity index (χ4v) is 6.18. The average Bonchev–Trinajstić information content (AvgIpc) is 3.29. The van der Waals surface area contributed by atoms with Gasteiger partial charge >= 0.3 is 11.9 Å². The predicted octanol–water partition coefficient (Wildman–Crippen LogP) is 0.0868. The summed E-state index contributed by atoms with van der Waals surface area (Å²) < 4.78 is 1.47. The van der Waals surface area contributed by atoms with Gasteiger partial charge in [0.1, 0.15) is 17.1 Å². The molecule has 0 saturated carbocycles. The molecular weight excluding hydrogens is 538 g/mol. The van der Waals surface area contributed by atoms with Gasteiger partial charge in [-0.05, 0) is 33.7 Å². The SMILES string of the molecule is Cn1nnnc1SCC1=C(C(=O)O)N2C(=O)[C@@H](NC(=O)Cc3ccc(NC(=O)CCC(=O)O)cc3)[C@@H]2SC1. The maximum Gasteiger partial charge on any atom is 0.352 e. The molecule has 2 aromatic rings. The molecule has 1 aromatic heterocycles. The van der Waals surface area contributed by atoms with Crippen LogP contribution in [0.5, 0.6) is 0 Å². The molecule has 1 fully saturated rings. The molecule has 0 unspecified atom stereocenters. The van der Waals surface area contributed by atoms with Crippen molar-refractivity contribution < 1.29 is 34.2 Å². The first-order valence-electron chi connectivity index (χ1n) is 11.3. The van der Waals surface area contributed by atoms with Crippen LogP contribution < -0.4 is 10.6 Å². The number of aromatic nitrogens is 4. The van der Waals surface area contributed by atoms with E-state index in [0.717, 1.165) is 0 Å². The number of carboxylic acid groups (broad SMARTS) is 2. The highest BCUT2D eigenvalue weighted by atomic mass is 32.2. The van der Waals surface area contributed by atoms with Crippen molar-refractivity contribution in [2.24, 2.45) is 7.05 Å². The van der Waals surface area contributed by atoms with Gasteiger partial charge in [-0.25, -0.2) is 9.48 Å². The second kappa shape index (κ2) is 11.6. The van der Waals surface area contributed by atoms with Crippen LogP contribution in [0.2, 0.25) is 0 Å². The van der Waals surface area contributed by atoms with Crippen LogP contribution in [0.1, 0.15) is 18.4 Å². The highest BCUT2D eigenvalue weighted by Crippen LogP contribution is 2.41. The second-order valence-corrected chi connectivity index (χ2v) is 10.4. The van der Waals surface area contributed by atoms with E-state index < -0.39 is 41.1 Å². The quantitative estimate of drug-likeness (QED) is 0.213. The maximum absolute atomic E-state index is 12.9. The number of benzene rings is 1. The molecule has 0 radical (unpaired) electrons. The minimum atomic E-state index is -1.21. The zero-order valence-corrected chi connectivity index (χ0v) is 21.6. The Bertz CT molecular complexity index is 1310. The number of fused-ring (bicyclic) bond motifs is 1. The zero-order valence-electron chi connectivity index (χ0n) is 20.0. The number of nitrogens with one attached hydrogen (secondary N) is 2. The number of carbonyl (C=O) groups is 5. The number of rotatable bonds is 11. The van der Waals surface area contributed by atoms with Gasteiger partial charge in [0.05, 0.1) is 12.8 Å². The molecule has 3 amide bonds. The predicted molar refractivity (Wildman–Crippen MR) is 135 cm³/mol. The maximum atomic E-state index is 12.9. The summed E-state index contributed by atoms with van der Waals surface area (Å²) in [6, 6.07) is 5.62. The molecular formula is C22H23N7O7S2. The van der Waals surface area contributed by atoms with Gasteiger partial charge in [0.15, 0.2) is 0 Å². The number of nitrogens with zero attached hydrogens (tertiary/aromatic N) is 5. The van der Waals surface area contributed by atoms with E-state index in [1.54, 1.807) is 31.3 Å². The lowest BCUT2D eigenvalue weighted by atomic mass is 10.0. The van der Waals surface area contributed by atoms with E-state index in [1.165, 1.54) is 33.1 Å². The standard InChI is InChI=1S/C22H23N7O7S2/c1-28-22(25-26-27-28)38-10-12-9-37-20-17(19(34)29(20)18(12)21(35)36)24-15(31)8-11-2-4-13(5-3-11)23-14(30)6-7-16(32)33/h2-5,17,20H,6-10H2,1H3,(H,23,30)(H,24,31)(H,32,33)(H,35,36)/t17-,20+/m1/s1. The van der Waals surface area contributed by atoms with Crippen molar-refractivity contribution in [2.45, 2.75) is 35.8 Å². The Labute approximate surface area is 224 Å². The summed E-state index contributed by atoms with van der Waals surface area (Å²) in [4.78, 5) is 61.0. The number of β-lactam (4-membered cyclic amide) rings is 1. The summed E-state index contributed by atoms with van der Waals surface area (Å²) in [5.41, 5.74) is 1.59. The lowest BCUT2D eigenvalue weighted by Crippen LogP contribution is -2.70. The third-order valence-corrected chi connectivity index (χ3v) is 8.13. The summed E-state index contributed by atoms with van der Waals surface area (Å²) in [5.74, 6) is -2.93. The first kappa shape index (κ1) is 27.1. The first-order valence-corrected chi connectivity index (χ1v) is 13.3. The number of carboxylic acids is 2. The van der Waals surface area contributed by atoms with Gasteiger partial charge in [0.25, 0.3) is 5.91 Å². The molecule has 200 valence electrons. The molecule has 4 rings (SSSR count). The van der Waals surface area contributed by atoms with E-state index in [2.05, 4.69) is 26.2 Å². The summed E-state index contributed by atoms with van der Waals surface area (Å²) >= 11 is 2.65. The number of amides is 3. The molecule has 2 aliphatic heterocycles. The first-order chi connectivity index (χ1) is 18.1. The molecule has 14 nitrogen and oxygen atoms in total. The van der Waals surface area contributed by atoms with Gasteiger partial charge in [0, 0.05) is 30.7 Å². The van der Waals surface area contributed by atoms with Crippen LogP contribution >= 0.6 is 23.5 Å². The van der Waals surface area contributed by atoms with Crippen molar-refractivity contribution >= 4 is 58.9 Å². The highest BCUT2D eigenvalue weighted by Gasteiger charge is 2.54. The zero-order chi connectivity index (χ0) is 27.4. The van der Waals surface area contributed by atoms with E-state index in [-0.39, 0.29) is 25.0 Å². The average molecular weight is 562 g/mol. The number of aryl methyl sites for hydroxylation is 1. The largest absolute Gasteiger partial charge is 0.481 e. The van der Waals surface area contributed by atoms with Crippen molar-refractivity contribution in [3.8, 4) is 0 Å². The number of tetrazole rings is 1. The van der Waals surface area contributed by atoms with Crippen LogP contribution in [0.4, 0.5) is 5.69 Å². The molecule has 0 bridgehead atoms. The number of hydrogen-bond donors (Lipinski definition) is 4. The Balaban J connectivity index is 1.32. The number of anilines is 1. The van der Waals surface area contributed by atoms with Crippen LogP contribution in [-0.4, -0.2) is 87.9 Å². The molecule has 0 spiro atoms. The Kier molecular flexibility index (Phi) is 8.31. The monoisotopic (exact) mass is 561 g/mol. The number of thioether (sulfide) groups is 2. The number of aliphatic carboxylic acids is 2. The molecule has 38 heavy (non-hydrogen) atoms. The molecule has 3 heterocycles. The van der Waals surface area contributed by atoms with Crippen molar-refractivity contribution in [2.75, 3.05) is 16.8 Å². The Morgan fingerprint density at radius 2 is 1.87 bits per heavy atom. The van der Waals surface area contributed by atoms with E-state index in [1.807, 2.05) is 0 Å². The fraction of sp³-hybridized carbons (Fsp3) is 0.364. The molecule has 1 saturated heterocycles. The van der Waals surface area contributed by atoms with Crippen LogP contribution in [0.15, 0.2) is 40.7 Å². The van der Waals surface area contributed by atoms with Crippen LogP contribution in [0, 0.1) is 0 Å². The van der Waals surface area contributed by atoms with Gasteiger partial charge < -0.3 is 20.8 Å². The second-order valence-electron chi connectivity index (χ2n) is 8.40. The van der Waals surface area contributed by atoms with Gasteiger partial charge in [0.2, 0.25) is 17.0 Å². The lowest BCUT2D eigenvalue weighted by molar-refractivity contribution is -0.150. The minimum absolute atomic E-state index is 0.0241. The van der Waals surface area contributed by atoms with Gasteiger partial charge in [-0.15, -0.1) is 16.9 Å². The fourth-order valence-electron chi connectivity index (χ4n) is 3.85. The number of carbonyl (C=O) groups excluding carboxylic acids is 3. The van der Waals surface area contributed by atoms with Gasteiger partial charge in [-0.1, -0.05) is 23.9 Å². The lowest BCUT2D eigenvalue weighted by Gasteiger charge is -2.49. The Morgan fingerprint density at radius 1 is 1.13 bits per heavy atom. The van der Waals surface area contributed by atoms with Crippen LogP contribution in [-0.2, 0) is 37.4 Å².